The van der Waals surface area contributed by atoms with Crippen LogP contribution in [0.25, 0.3) is 16.7 Å². The van der Waals surface area contributed by atoms with Crippen LogP contribution in [0.3, 0.4) is 0 Å². The molecule has 0 radical (unpaired) electrons. The van der Waals surface area contributed by atoms with Crippen LogP contribution in [0.1, 0.15) is 5.69 Å². The average Bonchev–Trinajstić information content (AvgIpc) is 3.06. The number of hydrogen-bond acceptors (Lipinski definition) is 7. The molecule has 8 nitrogen and oxygen atoms in total. The second kappa shape index (κ2) is 7.42. The molecule has 8 heteroatoms. The Kier molecular flexibility index (Phi) is 4.87. The van der Waals surface area contributed by atoms with Gasteiger partial charge < -0.3 is 14.8 Å². The molecule has 0 aliphatic rings. The Morgan fingerprint density at radius 3 is 2.88 bits per heavy atom. The summed E-state index contributed by atoms with van der Waals surface area (Å²) in [4.78, 5) is 12.7. The molecule has 3 rings (SSSR count). The Balaban J connectivity index is 1.98. The first-order valence-corrected chi connectivity index (χ1v) is 7.43. The van der Waals surface area contributed by atoms with Gasteiger partial charge in [-0.3, -0.25) is 4.57 Å². The summed E-state index contributed by atoms with van der Waals surface area (Å²) < 4.78 is 12.1. The minimum atomic E-state index is 0.317. The fourth-order valence-electron chi connectivity index (χ4n) is 2.38. The highest BCUT2D eigenvalue weighted by Crippen LogP contribution is 2.25. The number of imidazole rings is 1. The molecule has 0 aliphatic heterocycles. The molecule has 0 bridgehead atoms. The number of anilines is 1. The van der Waals surface area contributed by atoms with Crippen molar-refractivity contribution in [2.24, 2.45) is 0 Å². The lowest BCUT2D eigenvalue weighted by molar-refractivity contribution is 0.134. The summed E-state index contributed by atoms with van der Waals surface area (Å²) in [6, 6.07) is 9.58. The van der Waals surface area contributed by atoms with E-state index in [9.17, 15) is 5.26 Å². The third-order valence-electron chi connectivity index (χ3n) is 3.52. The molecule has 0 atom stereocenters. The van der Waals surface area contributed by atoms with Crippen LogP contribution in [0.15, 0.2) is 43.1 Å². The van der Waals surface area contributed by atoms with Gasteiger partial charge >= 0.3 is 0 Å². The predicted octanol–water partition coefficient (Wildman–Crippen LogP) is 2.42. The van der Waals surface area contributed by atoms with Gasteiger partial charge in [0.1, 0.15) is 36.1 Å². The number of nitrogens with zero attached hydrogens (tertiary/aromatic N) is 5. The van der Waals surface area contributed by atoms with Crippen molar-refractivity contribution >= 4 is 22.4 Å². The van der Waals surface area contributed by atoms with Gasteiger partial charge in [0.2, 0.25) is 0 Å². The van der Waals surface area contributed by atoms with Crippen LogP contribution in [0.2, 0.25) is 0 Å². The van der Waals surface area contributed by atoms with E-state index >= 15 is 0 Å². The number of aromatic nitrogens is 4. The zero-order chi connectivity index (χ0) is 17.6. The van der Waals surface area contributed by atoms with Gasteiger partial charge in [0.15, 0.2) is 5.65 Å². The average molecular weight is 336 g/mol. The lowest BCUT2D eigenvalue weighted by atomic mass is 10.2. The molecule has 3 aromatic rings. The first kappa shape index (κ1) is 16.4. The smallest absolute Gasteiger partial charge is 0.165 e. The number of nitriles is 1. The van der Waals surface area contributed by atoms with Gasteiger partial charge in [-0.05, 0) is 12.1 Å². The van der Waals surface area contributed by atoms with Crippen molar-refractivity contribution in [3.8, 4) is 11.8 Å². The standard InChI is InChI=1S/C17H16N6O2/c1-24-11-23-10-22-16-15(20-9-21-17(16)23)12(7-18)8-19-13-5-3-4-6-14(13)25-2/h3-6,8-10,19H,11H2,1-2H3/b12-8+. The zero-order valence-corrected chi connectivity index (χ0v) is 13.8. The first-order valence-electron chi connectivity index (χ1n) is 7.43. The van der Waals surface area contributed by atoms with E-state index in [1.54, 1.807) is 31.3 Å². The van der Waals surface area contributed by atoms with E-state index in [4.69, 9.17) is 9.47 Å². The first-order chi connectivity index (χ1) is 12.3. The molecule has 0 saturated carbocycles. The van der Waals surface area contributed by atoms with E-state index < -0.39 is 0 Å². The molecular formula is C17H16N6O2. The topological polar surface area (TPSA) is 97.9 Å². The van der Waals surface area contributed by atoms with Crippen LogP contribution in [0, 0.1) is 11.3 Å². The van der Waals surface area contributed by atoms with Crippen LogP contribution in [-0.4, -0.2) is 33.7 Å². The van der Waals surface area contributed by atoms with Gasteiger partial charge in [0.05, 0.1) is 24.7 Å². The van der Waals surface area contributed by atoms with Gasteiger partial charge in [-0.2, -0.15) is 5.26 Å². The van der Waals surface area contributed by atoms with E-state index in [-0.39, 0.29) is 0 Å². The minimum Gasteiger partial charge on any atom is -0.495 e. The van der Waals surface area contributed by atoms with Crippen molar-refractivity contribution in [3.05, 3.63) is 48.8 Å². The largest absolute Gasteiger partial charge is 0.495 e. The molecule has 25 heavy (non-hydrogen) atoms. The van der Waals surface area contributed by atoms with Crippen molar-refractivity contribution in [2.75, 3.05) is 19.5 Å². The number of hydrogen-bond donors (Lipinski definition) is 1. The monoisotopic (exact) mass is 336 g/mol. The Bertz CT molecular complexity index is 957. The SMILES string of the molecule is COCn1cnc2c(/C(C#N)=C/Nc3ccccc3OC)ncnc21. The van der Waals surface area contributed by atoms with Crippen LogP contribution >= 0.6 is 0 Å². The zero-order valence-electron chi connectivity index (χ0n) is 13.8. The maximum Gasteiger partial charge on any atom is 0.165 e. The van der Waals surface area contributed by atoms with Gasteiger partial charge in [-0.1, -0.05) is 12.1 Å². The summed E-state index contributed by atoms with van der Waals surface area (Å²) in [7, 11) is 3.18. The Morgan fingerprint density at radius 2 is 2.12 bits per heavy atom. The number of allylic oxidation sites excluding steroid dienone is 1. The maximum absolute atomic E-state index is 9.54. The molecule has 1 aromatic carbocycles. The van der Waals surface area contributed by atoms with Crippen molar-refractivity contribution in [3.63, 3.8) is 0 Å². The van der Waals surface area contributed by atoms with E-state index in [1.165, 1.54) is 6.33 Å². The maximum atomic E-state index is 9.54. The fraction of sp³-hybridized carbons (Fsp3) is 0.176. The summed E-state index contributed by atoms with van der Waals surface area (Å²) in [6.07, 6.45) is 4.59. The van der Waals surface area contributed by atoms with Crippen LogP contribution < -0.4 is 10.1 Å². The van der Waals surface area contributed by atoms with Gasteiger partial charge in [0, 0.05) is 13.3 Å². The van der Waals surface area contributed by atoms with E-state index in [0.717, 1.165) is 5.69 Å². The summed E-state index contributed by atoms with van der Waals surface area (Å²) in [5, 5.41) is 12.6. The molecule has 2 aromatic heterocycles. The number of nitrogens with one attached hydrogen (secondary N) is 1. The molecule has 0 saturated heterocycles. The summed E-state index contributed by atoms with van der Waals surface area (Å²) >= 11 is 0. The number of para-hydroxylation sites is 2. The number of methoxy groups -OCH3 is 2. The minimum absolute atomic E-state index is 0.317. The third-order valence-corrected chi connectivity index (χ3v) is 3.52. The van der Waals surface area contributed by atoms with Crippen LogP contribution in [-0.2, 0) is 11.5 Å². The summed E-state index contributed by atoms with van der Waals surface area (Å²) in [6.45, 7) is 0.317. The van der Waals surface area contributed by atoms with Gasteiger partial charge in [-0.15, -0.1) is 0 Å². The van der Waals surface area contributed by atoms with Crippen molar-refractivity contribution in [1.82, 2.24) is 19.5 Å². The number of rotatable bonds is 6. The van der Waals surface area contributed by atoms with E-state index in [0.29, 0.717) is 34.9 Å². The van der Waals surface area contributed by atoms with Crippen LogP contribution in [0.4, 0.5) is 5.69 Å². The van der Waals surface area contributed by atoms with Crippen molar-refractivity contribution in [1.29, 1.82) is 5.26 Å². The fourth-order valence-corrected chi connectivity index (χ4v) is 2.38. The lowest BCUT2D eigenvalue weighted by Gasteiger charge is -2.08. The van der Waals surface area contributed by atoms with Gasteiger partial charge in [0.25, 0.3) is 0 Å². The van der Waals surface area contributed by atoms with Crippen molar-refractivity contribution in [2.45, 2.75) is 6.73 Å². The molecule has 0 fully saturated rings. The second-order valence-electron chi connectivity index (χ2n) is 5.04. The highest BCUT2D eigenvalue weighted by Gasteiger charge is 2.14. The van der Waals surface area contributed by atoms with E-state index in [2.05, 4.69) is 26.3 Å². The Morgan fingerprint density at radius 1 is 1.28 bits per heavy atom. The van der Waals surface area contributed by atoms with Gasteiger partial charge in [-0.25, -0.2) is 15.0 Å². The third kappa shape index (κ3) is 3.27. The molecule has 0 amide bonds. The quantitative estimate of drug-likeness (QED) is 0.690. The molecule has 1 N–H and O–H groups in total. The predicted molar refractivity (Wildman–Crippen MR) is 92.5 cm³/mol. The molecule has 126 valence electrons. The summed E-state index contributed by atoms with van der Waals surface area (Å²) in [5.41, 5.74) is 2.66. The van der Waals surface area contributed by atoms with E-state index in [1.807, 2.05) is 24.3 Å². The highest BCUT2D eigenvalue weighted by atomic mass is 16.5. The number of benzene rings is 1. The number of fused-ring (bicyclic) bond motifs is 1. The van der Waals surface area contributed by atoms with Crippen molar-refractivity contribution < 1.29 is 9.47 Å². The Hall–Kier alpha value is -3.44. The Labute approximate surface area is 144 Å². The molecule has 0 unspecified atom stereocenters. The van der Waals surface area contributed by atoms with Crippen LogP contribution in [0.5, 0.6) is 5.75 Å². The number of ether oxygens (including phenoxy) is 2. The molecular weight excluding hydrogens is 320 g/mol. The molecule has 2 heterocycles. The summed E-state index contributed by atoms with van der Waals surface area (Å²) in [5.74, 6) is 0.674. The highest BCUT2D eigenvalue weighted by molar-refractivity contribution is 5.90. The second-order valence-corrected chi connectivity index (χ2v) is 5.04. The molecule has 0 spiro atoms. The molecule has 0 aliphatic carbocycles. The lowest BCUT2D eigenvalue weighted by Crippen LogP contribution is -2.01. The normalized spacial score (nSPS) is 11.3.